The minimum atomic E-state index is -1.07. The molecule has 4 aliphatic heterocycles. The van der Waals surface area contributed by atoms with Crippen molar-refractivity contribution < 1.29 is 42.6 Å². The quantitative estimate of drug-likeness (QED) is 0.0636. The molecule has 1 aliphatic carbocycles. The van der Waals surface area contributed by atoms with Gasteiger partial charge in [-0.3, -0.25) is 9.59 Å². The first-order valence-corrected chi connectivity index (χ1v) is 28.6. The Morgan fingerprint density at radius 3 is 2.41 bits per heavy atom. The molecule has 79 heavy (non-hydrogen) atoms. The Labute approximate surface area is 462 Å². The van der Waals surface area contributed by atoms with Gasteiger partial charge >= 0.3 is 0 Å². The number of aryl methyl sites for hydroxylation is 1. The average Bonchev–Trinajstić information content (AvgIpc) is 4.23. The topological polar surface area (TPSA) is 222 Å². The van der Waals surface area contributed by atoms with Crippen LogP contribution in [0.5, 0.6) is 17.5 Å². The lowest BCUT2D eigenvalue weighted by atomic mass is 9.81. The summed E-state index contributed by atoms with van der Waals surface area (Å²) in [6.45, 7) is 12.1. The molecule has 2 aromatic carbocycles. The first-order valence-electron chi connectivity index (χ1n) is 27.7. The number of benzene rings is 2. The second-order valence-electron chi connectivity index (χ2n) is 22.5. The number of aromatic hydroxyl groups is 1. The van der Waals surface area contributed by atoms with E-state index in [-0.39, 0.29) is 47.7 Å². The molecular formula is C58H69F2N11O7S. The highest BCUT2D eigenvalue weighted by Crippen LogP contribution is 2.42. The number of likely N-dealkylation sites (tertiary alicyclic amines) is 2. The zero-order valence-electron chi connectivity index (χ0n) is 45.0. The number of anilines is 3. The van der Waals surface area contributed by atoms with Crippen molar-refractivity contribution in [1.29, 1.82) is 0 Å². The fraction of sp³-hybridized carbons (Fsp3) is 0.500. The number of fused-ring (bicyclic) bond motifs is 2. The zero-order chi connectivity index (χ0) is 55.1. The van der Waals surface area contributed by atoms with Crippen LogP contribution in [0.2, 0.25) is 0 Å². The number of thiazole rings is 1. The highest BCUT2D eigenvalue weighted by molar-refractivity contribution is 7.13. The first-order chi connectivity index (χ1) is 38.1. The molecule has 0 spiro atoms. The van der Waals surface area contributed by atoms with Crippen LogP contribution in [-0.2, 0) is 9.59 Å². The number of nitrogens with one attached hydrogen (secondary N) is 1. The molecule has 5 fully saturated rings. The normalized spacial score (nSPS) is 23.2. The van der Waals surface area contributed by atoms with Gasteiger partial charge in [0.2, 0.25) is 17.7 Å². The Kier molecular flexibility index (Phi) is 15.7. The number of nitrogen functional groups attached to an aromatic ring is 1. The van der Waals surface area contributed by atoms with Crippen LogP contribution in [0.3, 0.4) is 0 Å². The number of para-hydroxylation sites is 1. The number of piperazine rings is 1. The van der Waals surface area contributed by atoms with Crippen LogP contribution in [0.25, 0.3) is 21.7 Å². The molecule has 21 heteroatoms. The number of aromatic nitrogens is 5. The lowest BCUT2D eigenvalue weighted by molar-refractivity contribution is -0.141. The number of hydrogen-bond acceptors (Lipinski definition) is 17. The number of carbonyl (C=O) groups is 2. The van der Waals surface area contributed by atoms with E-state index in [1.54, 1.807) is 37.6 Å². The molecule has 4 aromatic heterocycles. The van der Waals surface area contributed by atoms with E-state index in [0.29, 0.717) is 69.8 Å². The second kappa shape index (κ2) is 23.0. The molecule has 6 aromatic rings. The number of piperidine rings is 1. The van der Waals surface area contributed by atoms with Crippen molar-refractivity contribution in [2.24, 2.45) is 17.8 Å². The van der Waals surface area contributed by atoms with Crippen molar-refractivity contribution in [3.8, 4) is 39.2 Å². The Morgan fingerprint density at radius 1 is 0.899 bits per heavy atom. The molecular weight excluding hydrogens is 1030 g/mol. The number of aliphatic hydroxyl groups is 1. The SMILES string of the molecule is Cc1ncsc1-c1ccc([C@H](C)NC(=O)[C@@H]2C[C@@H](O)CN2C(=O)[C@@H](c2cc(OCCC3CCN(C[C@H]4C[C@H](Oc5cc(N6C7CCC6CN(c6cc(-c8ccccc8O)nnc6N)C7)ccn5)C4)CC3)no2)C(C)C)c(F)c1F. The molecule has 8 heterocycles. The number of pyridine rings is 1. The van der Waals surface area contributed by atoms with E-state index in [1.165, 1.54) is 28.4 Å². The smallest absolute Gasteiger partial charge is 0.254 e. The number of β-amino-alcohol motifs (C(OH)–C–C–N with tert-alkyl or cyclic N) is 1. The number of ether oxygens (including phenoxy) is 2. The summed E-state index contributed by atoms with van der Waals surface area (Å²) < 4.78 is 49.0. The van der Waals surface area contributed by atoms with Crippen molar-refractivity contribution >= 4 is 40.3 Å². The third-order valence-electron chi connectivity index (χ3n) is 16.8. The maximum Gasteiger partial charge on any atom is 0.254 e. The number of halogens is 2. The molecule has 1 saturated carbocycles. The number of nitrogens with zero attached hydrogens (tertiary/aromatic N) is 9. The van der Waals surface area contributed by atoms with Crippen LogP contribution in [0, 0.1) is 36.3 Å². The van der Waals surface area contributed by atoms with Crippen molar-refractivity contribution in [2.45, 2.75) is 121 Å². The fourth-order valence-electron chi connectivity index (χ4n) is 12.6. The molecule has 5 N–H and O–H groups in total. The standard InChI is InChI=1S/C58H69F2N11O7S/c1-32(2)52(58(75)70-30-40(72)24-47(70)57(74)64-33(3)42-11-12-44(54(60)53(42)59)55-34(4)63-31-79-55)49-26-51(67-78-49)76-20-16-35-14-18-68(19-15-35)27-36-21-41(22-36)77-50-23-37(13-17-62-50)71-38-9-10-39(71)29-69(28-38)46-25-45(65-66-56(46)61)43-7-5-6-8-48(43)73/h5-8,11-13,17,23,25-26,31-33,35-36,38-41,47,52,72-73H,9-10,14-16,18-22,24,27-30H2,1-4H3,(H2,61,66)(H,64,74)/t33-,36-,38?,39?,40+,41-,47-,52+/m0/s1. The average molecular weight is 1100 g/mol. The predicted octanol–water partition coefficient (Wildman–Crippen LogP) is 8.30. The molecule has 4 saturated heterocycles. The lowest BCUT2D eigenvalue weighted by Crippen LogP contribution is -2.54. The fourth-order valence-corrected chi connectivity index (χ4v) is 13.4. The molecule has 2 bridgehead atoms. The minimum Gasteiger partial charge on any atom is -0.507 e. The van der Waals surface area contributed by atoms with Crippen molar-refractivity contribution in [3.63, 3.8) is 0 Å². The van der Waals surface area contributed by atoms with Gasteiger partial charge in [0, 0.05) is 85.4 Å². The molecule has 6 atom stereocenters. The number of amides is 2. The number of rotatable bonds is 18. The van der Waals surface area contributed by atoms with E-state index >= 15 is 8.78 Å². The number of nitrogens with two attached hydrogens (primary N) is 1. The van der Waals surface area contributed by atoms with Crippen LogP contribution in [-0.4, -0.2) is 133 Å². The summed E-state index contributed by atoms with van der Waals surface area (Å²) in [5, 5.41) is 36.6. The van der Waals surface area contributed by atoms with E-state index in [9.17, 15) is 19.8 Å². The van der Waals surface area contributed by atoms with Crippen LogP contribution in [0.4, 0.5) is 26.0 Å². The van der Waals surface area contributed by atoms with Crippen molar-refractivity contribution in [1.82, 2.24) is 40.4 Å². The second-order valence-corrected chi connectivity index (χ2v) is 23.4. The summed E-state index contributed by atoms with van der Waals surface area (Å²) in [5.41, 5.74) is 11.8. The third-order valence-corrected chi connectivity index (χ3v) is 17.8. The summed E-state index contributed by atoms with van der Waals surface area (Å²) in [4.78, 5) is 46.0. The maximum absolute atomic E-state index is 15.4. The minimum absolute atomic E-state index is 0.0120. The number of carbonyl (C=O) groups excluding carboxylic acids is 2. The molecule has 2 unspecified atom stereocenters. The van der Waals surface area contributed by atoms with Crippen LogP contribution in [0.15, 0.2) is 76.9 Å². The van der Waals surface area contributed by atoms with Gasteiger partial charge in [0.1, 0.15) is 23.8 Å². The Hall–Kier alpha value is -6.97. The molecule has 418 valence electrons. The van der Waals surface area contributed by atoms with Gasteiger partial charge in [-0.15, -0.1) is 21.5 Å². The van der Waals surface area contributed by atoms with Gasteiger partial charge in [0.25, 0.3) is 5.88 Å². The van der Waals surface area contributed by atoms with E-state index in [1.807, 2.05) is 38.2 Å². The number of hydrogen-bond donors (Lipinski definition) is 4. The highest BCUT2D eigenvalue weighted by Gasteiger charge is 2.45. The van der Waals surface area contributed by atoms with Crippen LogP contribution >= 0.6 is 11.3 Å². The summed E-state index contributed by atoms with van der Waals surface area (Å²) >= 11 is 1.21. The predicted molar refractivity (Wildman–Crippen MR) is 295 cm³/mol. The third kappa shape index (κ3) is 11.4. The Morgan fingerprint density at radius 2 is 1.67 bits per heavy atom. The van der Waals surface area contributed by atoms with E-state index < -0.39 is 47.6 Å². The van der Waals surface area contributed by atoms with Crippen LogP contribution in [0.1, 0.15) is 101 Å². The van der Waals surface area contributed by atoms with Gasteiger partial charge in [-0.2, -0.15) is 0 Å². The van der Waals surface area contributed by atoms with E-state index in [4.69, 9.17) is 19.7 Å². The first kappa shape index (κ1) is 54.0. The summed E-state index contributed by atoms with van der Waals surface area (Å²) in [7, 11) is 0. The Bertz CT molecular complexity index is 3130. The summed E-state index contributed by atoms with van der Waals surface area (Å²) in [5.74, 6) is -1.31. The molecule has 0 radical (unpaired) electrons. The maximum atomic E-state index is 15.4. The number of aliphatic hydroxyl groups excluding tert-OH is 1. The van der Waals surface area contributed by atoms with Gasteiger partial charge in [-0.05, 0) is 125 Å². The molecule has 11 rings (SSSR count). The summed E-state index contributed by atoms with van der Waals surface area (Å²) in [6.07, 6.45) is 8.18. The van der Waals surface area contributed by atoms with Crippen molar-refractivity contribution in [3.05, 3.63) is 101 Å². The van der Waals surface area contributed by atoms with E-state index in [2.05, 4.69) is 57.5 Å². The summed E-state index contributed by atoms with van der Waals surface area (Å²) in [6, 6.07) is 16.4. The van der Waals surface area contributed by atoms with Gasteiger partial charge in [-0.25, -0.2) is 18.7 Å². The van der Waals surface area contributed by atoms with Gasteiger partial charge in [0.15, 0.2) is 23.2 Å². The van der Waals surface area contributed by atoms with Crippen LogP contribution < -0.4 is 30.3 Å². The van der Waals surface area contributed by atoms with Gasteiger partial charge in [-0.1, -0.05) is 32.0 Å². The van der Waals surface area contributed by atoms with Gasteiger partial charge in [0.05, 0.1) is 46.2 Å². The molecule has 18 nitrogen and oxygen atoms in total. The van der Waals surface area contributed by atoms with Gasteiger partial charge < -0.3 is 54.9 Å². The number of phenolic OH excluding ortho intramolecular Hbond substituents is 1. The lowest BCUT2D eigenvalue weighted by Gasteiger charge is -2.43. The largest absolute Gasteiger partial charge is 0.507 e. The molecule has 5 aliphatic rings. The highest BCUT2D eigenvalue weighted by atomic mass is 32.1. The van der Waals surface area contributed by atoms with E-state index in [0.717, 1.165) is 89.0 Å². The Balaban J connectivity index is 0.607. The monoisotopic (exact) mass is 1100 g/mol. The number of phenols is 1. The molecule has 2 amide bonds. The van der Waals surface area contributed by atoms with Crippen molar-refractivity contribution in [2.75, 3.05) is 61.4 Å². The zero-order valence-corrected chi connectivity index (χ0v) is 45.8.